The molecule has 0 radical (unpaired) electrons. The van der Waals surface area contributed by atoms with Crippen molar-refractivity contribution in [3.8, 4) is 17.2 Å². The van der Waals surface area contributed by atoms with Gasteiger partial charge in [-0.25, -0.2) is 0 Å². The summed E-state index contributed by atoms with van der Waals surface area (Å²) in [5, 5.41) is 3.93. The molecule has 1 aromatic carbocycles. The van der Waals surface area contributed by atoms with Crippen LogP contribution in [-0.4, -0.2) is 45.8 Å². The van der Waals surface area contributed by atoms with Crippen molar-refractivity contribution in [2.75, 3.05) is 34.5 Å². The molecular weight excluding hydrogens is 326 g/mol. The Hall–Kier alpha value is -2.51. The van der Waals surface area contributed by atoms with Gasteiger partial charge in [0.05, 0.1) is 27.4 Å². The summed E-state index contributed by atoms with van der Waals surface area (Å²) >= 11 is 0. The molecule has 1 unspecified atom stereocenters. The molecule has 7 nitrogen and oxygen atoms in total. The van der Waals surface area contributed by atoms with Crippen LogP contribution in [0.2, 0.25) is 0 Å². The highest BCUT2D eigenvalue weighted by Crippen LogP contribution is 2.36. The van der Waals surface area contributed by atoms with Crippen LogP contribution < -0.4 is 14.2 Å². The van der Waals surface area contributed by atoms with E-state index in [2.05, 4.69) is 5.16 Å². The summed E-state index contributed by atoms with van der Waals surface area (Å²) < 4.78 is 32.0. The molecule has 1 aliphatic heterocycles. The maximum Gasteiger partial charge on any atom is 0.164 e. The molecule has 0 spiro atoms. The predicted octanol–water partition coefficient (Wildman–Crippen LogP) is 2.79. The zero-order valence-electron chi connectivity index (χ0n) is 14.5. The van der Waals surface area contributed by atoms with Gasteiger partial charge in [0.1, 0.15) is 24.2 Å². The van der Waals surface area contributed by atoms with Crippen LogP contribution in [0.4, 0.5) is 0 Å². The summed E-state index contributed by atoms with van der Waals surface area (Å²) in [7, 11) is 4.80. The van der Waals surface area contributed by atoms with Crippen molar-refractivity contribution >= 4 is 12.2 Å². The lowest BCUT2D eigenvalue weighted by Gasteiger charge is -2.13. The van der Waals surface area contributed by atoms with E-state index in [1.807, 2.05) is 24.3 Å². The molecule has 0 amide bonds. The van der Waals surface area contributed by atoms with Crippen molar-refractivity contribution in [1.29, 1.82) is 0 Å². The number of benzene rings is 1. The number of hydrogen-bond acceptors (Lipinski definition) is 7. The van der Waals surface area contributed by atoms with Crippen molar-refractivity contribution < 1.29 is 28.2 Å². The van der Waals surface area contributed by atoms with Gasteiger partial charge in [-0.05, 0) is 18.2 Å². The molecule has 1 fully saturated rings. The zero-order chi connectivity index (χ0) is 17.6. The Morgan fingerprint density at radius 1 is 1.08 bits per heavy atom. The second-order valence-corrected chi connectivity index (χ2v) is 5.50. The number of epoxide rings is 1. The lowest BCUT2D eigenvalue weighted by atomic mass is 10.1. The zero-order valence-corrected chi connectivity index (χ0v) is 14.5. The van der Waals surface area contributed by atoms with Crippen LogP contribution in [0.15, 0.2) is 22.7 Å². The molecule has 7 heteroatoms. The Bertz CT molecular complexity index is 735. The summed E-state index contributed by atoms with van der Waals surface area (Å²) in [5.41, 5.74) is 1.57. The van der Waals surface area contributed by atoms with Gasteiger partial charge in [0.25, 0.3) is 0 Å². The Labute approximate surface area is 146 Å². The van der Waals surface area contributed by atoms with Crippen LogP contribution in [0.3, 0.4) is 0 Å². The first-order valence-corrected chi connectivity index (χ1v) is 7.86. The molecular formula is C18H21NO6. The van der Waals surface area contributed by atoms with Crippen molar-refractivity contribution in [2.45, 2.75) is 12.7 Å². The minimum Gasteiger partial charge on any atom is -0.493 e. The first-order chi connectivity index (χ1) is 12.2. The Balaban J connectivity index is 1.83. The molecule has 0 bridgehead atoms. The standard InChI is InChI=1S/C18H21NO6/c1-20-9-13-7-14(25-19-13)5-4-12-6-17(21-2)18(22-3)8-16(12)24-11-15-10-23-15/h4-8,15H,9-11H2,1-3H3/b5-4+. The third-order valence-corrected chi connectivity index (χ3v) is 3.64. The first kappa shape index (κ1) is 17.3. The van der Waals surface area contributed by atoms with Crippen LogP contribution in [0.1, 0.15) is 17.0 Å². The van der Waals surface area contributed by atoms with Crippen LogP contribution in [0.5, 0.6) is 17.2 Å². The van der Waals surface area contributed by atoms with Crippen LogP contribution >= 0.6 is 0 Å². The van der Waals surface area contributed by atoms with Crippen LogP contribution in [-0.2, 0) is 16.1 Å². The Morgan fingerprint density at radius 2 is 1.84 bits per heavy atom. The van der Waals surface area contributed by atoms with E-state index < -0.39 is 0 Å². The third kappa shape index (κ3) is 4.52. The van der Waals surface area contributed by atoms with Gasteiger partial charge in [0.2, 0.25) is 0 Å². The van der Waals surface area contributed by atoms with Gasteiger partial charge < -0.3 is 28.2 Å². The largest absolute Gasteiger partial charge is 0.493 e. The molecule has 3 rings (SSSR count). The van der Waals surface area contributed by atoms with E-state index in [-0.39, 0.29) is 6.10 Å². The molecule has 2 aromatic rings. The van der Waals surface area contributed by atoms with Crippen molar-refractivity contribution in [3.05, 3.63) is 35.2 Å². The van der Waals surface area contributed by atoms with Gasteiger partial charge in [-0.15, -0.1) is 0 Å². The molecule has 0 N–H and O–H groups in total. The molecule has 25 heavy (non-hydrogen) atoms. The average molecular weight is 347 g/mol. The van der Waals surface area contributed by atoms with E-state index in [0.717, 1.165) is 17.9 Å². The SMILES string of the molecule is COCc1cc(/C=C/c2cc(OC)c(OC)cc2OCC2CO2)on1. The highest BCUT2D eigenvalue weighted by atomic mass is 16.6. The van der Waals surface area contributed by atoms with Crippen LogP contribution in [0, 0.1) is 0 Å². The summed E-state index contributed by atoms with van der Waals surface area (Å²) in [5.74, 6) is 2.53. The summed E-state index contributed by atoms with van der Waals surface area (Å²) in [6.45, 7) is 1.64. The number of aromatic nitrogens is 1. The molecule has 134 valence electrons. The van der Waals surface area contributed by atoms with E-state index in [4.69, 9.17) is 28.2 Å². The number of methoxy groups -OCH3 is 3. The highest BCUT2D eigenvalue weighted by molar-refractivity contribution is 5.73. The number of rotatable bonds is 9. The quantitative estimate of drug-likeness (QED) is 0.646. The highest BCUT2D eigenvalue weighted by Gasteiger charge is 2.24. The monoisotopic (exact) mass is 347 g/mol. The van der Waals surface area contributed by atoms with Gasteiger partial charge in [-0.3, -0.25) is 0 Å². The van der Waals surface area contributed by atoms with E-state index in [0.29, 0.717) is 36.2 Å². The maximum absolute atomic E-state index is 5.86. The minimum absolute atomic E-state index is 0.163. The third-order valence-electron chi connectivity index (χ3n) is 3.64. The minimum atomic E-state index is 0.163. The lowest BCUT2D eigenvalue weighted by molar-refractivity contribution is 0.177. The van der Waals surface area contributed by atoms with E-state index in [1.165, 1.54) is 0 Å². The Morgan fingerprint density at radius 3 is 2.52 bits per heavy atom. The summed E-state index contributed by atoms with van der Waals surface area (Å²) in [6, 6.07) is 5.47. The van der Waals surface area contributed by atoms with Gasteiger partial charge in [0.15, 0.2) is 17.3 Å². The lowest BCUT2D eigenvalue weighted by Crippen LogP contribution is -2.05. The van der Waals surface area contributed by atoms with Crippen LogP contribution in [0.25, 0.3) is 12.2 Å². The normalized spacial score (nSPS) is 16.2. The summed E-state index contributed by atoms with van der Waals surface area (Å²) in [4.78, 5) is 0. The number of hydrogen-bond donors (Lipinski definition) is 0. The fraction of sp³-hybridized carbons (Fsp3) is 0.389. The molecule has 0 saturated carbocycles. The Kier molecular flexibility index (Phi) is 5.57. The van der Waals surface area contributed by atoms with E-state index >= 15 is 0 Å². The fourth-order valence-corrected chi connectivity index (χ4v) is 2.27. The second kappa shape index (κ2) is 8.04. The number of nitrogens with zero attached hydrogens (tertiary/aromatic N) is 1. The predicted molar refractivity (Wildman–Crippen MR) is 90.9 cm³/mol. The van der Waals surface area contributed by atoms with Gasteiger partial charge >= 0.3 is 0 Å². The van der Waals surface area contributed by atoms with Gasteiger partial charge in [-0.2, -0.15) is 0 Å². The van der Waals surface area contributed by atoms with Crippen molar-refractivity contribution in [3.63, 3.8) is 0 Å². The smallest absolute Gasteiger partial charge is 0.164 e. The molecule has 2 heterocycles. The van der Waals surface area contributed by atoms with Gasteiger partial charge in [0, 0.05) is 24.8 Å². The van der Waals surface area contributed by atoms with Crippen molar-refractivity contribution in [2.24, 2.45) is 0 Å². The molecule has 1 aromatic heterocycles. The number of ether oxygens (including phenoxy) is 5. The van der Waals surface area contributed by atoms with E-state index in [9.17, 15) is 0 Å². The summed E-state index contributed by atoms with van der Waals surface area (Å²) in [6.07, 6.45) is 3.85. The molecule has 1 aliphatic rings. The maximum atomic E-state index is 5.86. The fourth-order valence-electron chi connectivity index (χ4n) is 2.27. The molecule has 1 saturated heterocycles. The first-order valence-electron chi connectivity index (χ1n) is 7.86. The van der Waals surface area contributed by atoms with Gasteiger partial charge in [-0.1, -0.05) is 5.16 Å². The second-order valence-electron chi connectivity index (χ2n) is 5.50. The van der Waals surface area contributed by atoms with Crippen molar-refractivity contribution in [1.82, 2.24) is 5.16 Å². The average Bonchev–Trinajstić information content (AvgIpc) is 3.36. The molecule has 1 atom stereocenters. The van der Waals surface area contributed by atoms with E-state index in [1.54, 1.807) is 27.4 Å². The topological polar surface area (TPSA) is 75.5 Å². The molecule has 0 aliphatic carbocycles.